The van der Waals surface area contributed by atoms with Crippen LogP contribution in [0.1, 0.15) is 25.2 Å². The van der Waals surface area contributed by atoms with Crippen LogP contribution in [0.25, 0.3) is 5.65 Å². The summed E-state index contributed by atoms with van der Waals surface area (Å²) in [4.78, 5) is 17.3. The van der Waals surface area contributed by atoms with E-state index in [2.05, 4.69) is 23.9 Å². The number of carboxylic acid groups (broad SMARTS) is 1. The van der Waals surface area contributed by atoms with Gasteiger partial charge in [0.1, 0.15) is 5.82 Å². The molecular formula is C13H18N4O2. The van der Waals surface area contributed by atoms with Gasteiger partial charge in [-0.1, -0.05) is 0 Å². The second-order valence-corrected chi connectivity index (χ2v) is 4.88. The summed E-state index contributed by atoms with van der Waals surface area (Å²) in [7, 11) is 1.96. The van der Waals surface area contributed by atoms with Crippen molar-refractivity contribution in [2.45, 2.75) is 33.2 Å². The Morgan fingerprint density at radius 1 is 1.47 bits per heavy atom. The summed E-state index contributed by atoms with van der Waals surface area (Å²) in [5.41, 5.74) is 2.01. The Balaban J connectivity index is 2.54. The standard InChI is InChI=1S/C13H18N4O2/c1-8(2)16(4)12-6-5-11-14-9(3)10(7-13(18)19)17(11)15-12/h5-6,8H,7H2,1-4H3,(H,18,19). The lowest BCUT2D eigenvalue weighted by Crippen LogP contribution is -2.27. The third-order valence-corrected chi connectivity index (χ3v) is 3.21. The molecule has 0 atom stereocenters. The maximum atomic E-state index is 10.9. The van der Waals surface area contributed by atoms with Gasteiger partial charge in [0, 0.05) is 13.1 Å². The summed E-state index contributed by atoms with van der Waals surface area (Å²) in [5.74, 6) is -0.0825. The van der Waals surface area contributed by atoms with Gasteiger partial charge in [-0.05, 0) is 32.9 Å². The number of aromatic nitrogens is 3. The first-order valence-corrected chi connectivity index (χ1v) is 6.20. The predicted octanol–water partition coefficient (Wildman–Crippen LogP) is 1.51. The molecular weight excluding hydrogens is 244 g/mol. The summed E-state index contributed by atoms with van der Waals surface area (Å²) < 4.78 is 1.62. The molecule has 2 aromatic rings. The minimum Gasteiger partial charge on any atom is -0.481 e. The minimum absolute atomic E-state index is 0.0746. The Hall–Kier alpha value is -2.11. The summed E-state index contributed by atoms with van der Waals surface area (Å²) in [5, 5.41) is 13.4. The van der Waals surface area contributed by atoms with Gasteiger partial charge in [-0.15, -0.1) is 5.10 Å². The van der Waals surface area contributed by atoms with Crippen LogP contribution in [-0.2, 0) is 11.2 Å². The Labute approximate surface area is 111 Å². The molecule has 2 aromatic heterocycles. The van der Waals surface area contributed by atoms with Crippen LogP contribution in [0.4, 0.5) is 5.82 Å². The second-order valence-electron chi connectivity index (χ2n) is 4.88. The number of carbonyl (C=O) groups is 1. The average Bonchev–Trinajstić information content (AvgIpc) is 2.64. The molecule has 0 radical (unpaired) electrons. The van der Waals surface area contributed by atoms with Crippen LogP contribution in [-0.4, -0.2) is 38.8 Å². The van der Waals surface area contributed by atoms with Crippen molar-refractivity contribution in [1.29, 1.82) is 0 Å². The number of anilines is 1. The maximum absolute atomic E-state index is 10.9. The molecule has 0 spiro atoms. The number of aryl methyl sites for hydroxylation is 1. The molecule has 1 N–H and O–H groups in total. The van der Waals surface area contributed by atoms with E-state index in [0.29, 0.717) is 23.1 Å². The summed E-state index contributed by atoms with van der Waals surface area (Å²) >= 11 is 0. The molecule has 102 valence electrons. The smallest absolute Gasteiger partial charge is 0.309 e. The molecule has 0 amide bonds. The zero-order valence-electron chi connectivity index (χ0n) is 11.6. The molecule has 0 aliphatic carbocycles. The monoisotopic (exact) mass is 262 g/mol. The van der Waals surface area contributed by atoms with Crippen LogP contribution >= 0.6 is 0 Å². The summed E-state index contributed by atoms with van der Waals surface area (Å²) in [6.07, 6.45) is -0.0746. The molecule has 0 aromatic carbocycles. The van der Waals surface area contributed by atoms with Gasteiger partial charge >= 0.3 is 5.97 Å². The highest BCUT2D eigenvalue weighted by molar-refractivity contribution is 5.70. The van der Waals surface area contributed by atoms with Gasteiger partial charge in [0.15, 0.2) is 5.65 Å². The Morgan fingerprint density at radius 2 is 2.16 bits per heavy atom. The number of rotatable bonds is 4. The van der Waals surface area contributed by atoms with Crippen molar-refractivity contribution in [3.8, 4) is 0 Å². The number of carboxylic acids is 1. The first kappa shape index (κ1) is 13.3. The highest BCUT2D eigenvalue weighted by atomic mass is 16.4. The van der Waals surface area contributed by atoms with Gasteiger partial charge in [-0.2, -0.15) is 0 Å². The van der Waals surface area contributed by atoms with E-state index in [-0.39, 0.29) is 6.42 Å². The van der Waals surface area contributed by atoms with Crippen LogP contribution in [0.15, 0.2) is 12.1 Å². The maximum Gasteiger partial charge on any atom is 0.309 e. The molecule has 2 heterocycles. The average molecular weight is 262 g/mol. The molecule has 6 heteroatoms. The molecule has 6 nitrogen and oxygen atoms in total. The molecule has 19 heavy (non-hydrogen) atoms. The second kappa shape index (κ2) is 4.87. The van der Waals surface area contributed by atoms with Crippen molar-refractivity contribution >= 4 is 17.4 Å². The van der Waals surface area contributed by atoms with E-state index < -0.39 is 5.97 Å². The fourth-order valence-corrected chi connectivity index (χ4v) is 1.88. The van der Waals surface area contributed by atoms with Crippen LogP contribution in [0.2, 0.25) is 0 Å². The van der Waals surface area contributed by atoms with Gasteiger partial charge in [0.2, 0.25) is 0 Å². The highest BCUT2D eigenvalue weighted by Crippen LogP contribution is 2.16. The Bertz CT molecular complexity index is 618. The van der Waals surface area contributed by atoms with E-state index >= 15 is 0 Å². The fourth-order valence-electron chi connectivity index (χ4n) is 1.88. The van der Waals surface area contributed by atoms with Crippen molar-refractivity contribution in [2.75, 3.05) is 11.9 Å². The molecule has 0 saturated carbocycles. The van der Waals surface area contributed by atoms with Gasteiger partial charge < -0.3 is 10.0 Å². The lowest BCUT2D eigenvalue weighted by molar-refractivity contribution is -0.136. The predicted molar refractivity (Wildman–Crippen MR) is 72.6 cm³/mol. The Morgan fingerprint density at radius 3 is 2.74 bits per heavy atom. The number of imidazole rings is 1. The van der Waals surface area contributed by atoms with E-state index in [4.69, 9.17) is 5.11 Å². The van der Waals surface area contributed by atoms with Crippen LogP contribution in [0, 0.1) is 6.92 Å². The van der Waals surface area contributed by atoms with Crippen molar-refractivity contribution in [3.05, 3.63) is 23.5 Å². The van der Waals surface area contributed by atoms with Gasteiger partial charge in [0.25, 0.3) is 0 Å². The molecule has 0 unspecified atom stereocenters. The number of nitrogens with zero attached hydrogens (tertiary/aromatic N) is 4. The first-order chi connectivity index (χ1) is 8.90. The first-order valence-electron chi connectivity index (χ1n) is 6.20. The van der Waals surface area contributed by atoms with E-state index in [1.54, 1.807) is 11.4 Å². The van der Waals surface area contributed by atoms with E-state index in [1.807, 2.05) is 24.1 Å². The van der Waals surface area contributed by atoms with Crippen LogP contribution < -0.4 is 4.90 Å². The topological polar surface area (TPSA) is 70.7 Å². The van der Waals surface area contributed by atoms with Crippen molar-refractivity contribution in [3.63, 3.8) is 0 Å². The normalized spacial score (nSPS) is 11.2. The largest absolute Gasteiger partial charge is 0.481 e. The lowest BCUT2D eigenvalue weighted by Gasteiger charge is -2.22. The molecule has 0 aliphatic heterocycles. The summed E-state index contributed by atoms with van der Waals surface area (Å²) in [6, 6.07) is 4.07. The highest BCUT2D eigenvalue weighted by Gasteiger charge is 2.15. The Kier molecular flexibility index (Phi) is 3.42. The van der Waals surface area contributed by atoms with Gasteiger partial charge in [-0.3, -0.25) is 4.79 Å². The van der Waals surface area contributed by atoms with E-state index in [1.165, 1.54) is 0 Å². The zero-order chi connectivity index (χ0) is 14.2. The van der Waals surface area contributed by atoms with Crippen molar-refractivity contribution in [2.24, 2.45) is 0 Å². The third-order valence-electron chi connectivity index (χ3n) is 3.21. The molecule has 0 saturated heterocycles. The van der Waals surface area contributed by atoms with Crippen LogP contribution in [0.5, 0.6) is 0 Å². The molecule has 0 fully saturated rings. The van der Waals surface area contributed by atoms with E-state index in [0.717, 1.165) is 5.82 Å². The zero-order valence-corrected chi connectivity index (χ0v) is 11.6. The SMILES string of the molecule is Cc1nc2ccc(N(C)C(C)C)nn2c1CC(=O)O. The lowest BCUT2D eigenvalue weighted by atomic mass is 10.2. The quantitative estimate of drug-likeness (QED) is 0.904. The number of aliphatic carboxylic acids is 1. The number of hydrogen-bond acceptors (Lipinski definition) is 4. The summed E-state index contributed by atoms with van der Waals surface area (Å²) in [6.45, 7) is 5.95. The van der Waals surface area contributed by atoms with Gasteiger partial charge in [0.05, 0.1) is 17.8 Å². The van der Waals surface area contributed by atoms with Crippen molar-refractivity contribution < 1.29 is 9.90 Å². The van der Waals surface area contributed by atoms with Crippen molar-refractivity contribution in [1.82, 2.24) is 14.6 Å². The van der Waals surface area contributed by atoms with E-state index in [9.17, 15) is 4.79 Å². The number of hydrogen-bond donors (Lipinski definition) is 1. The minimum atomic E-state index is -0.880. The third kappa shape index (κ3) is 2.52. The molecule has 0 aliphatic rings. The number of fused-ring (bicyclic) bond motifs is 1. The fraction of sp³-hybridized carbons (Fsp3) is 0.462. The molecule has 2 rings (SSSR count). The van der Waals surface area contributed by atoms with Crippen LogP contribution in [0.3, 0.4) is 0 Å². The molecule has 0 bridgehead atoms. The van der Waals surface area contributed by atoms with Gasteiger partial charge in [-0.25, -0.2) is 9.50 Å².